The number of anilines is 2. The van der Waals surface area contributed by atoms with Crippen LogP contribution in [0, 0.1) is 19.8 Å². The first kappa shape index (κ1) is 25.9. The second kappa shape index (κ2) is 9.67. The number of pyridine rings is 1. The van der Waals surface area contributed by atoms with Crippen LogP contribution in [0.4, 0.5) is 11.8 Å². The first-order valence-electron chi connectivity index (χ1n) is 13.2. The Bertz CT molecular complexity index is 1530. The van der Waals surface area contributed by atoms with E-state index in [-0.39, 0.29) is 12.0 Å². The van der Waals surface area contributed by atoms with Gasteiger partial charge in [-0.1, -0.05) is 29.8 Å². The molecule has 6 atom stereocenters. The number of aryl methyl sites for hydroxylation is 2. The molecule has 2 fully saturated rings. The number of hydrogen-bond acceptors (Lipinski definition) is 11. The van der Waals surface area contributed by atoms with Crippen molar-refractivity contribution in [1.29, 1.82) is 0 Å². The lowest BCUT2D eigenvalue weighted by molar-refractivity contribution is -0.0262. The van der Waals surface area contributed by atoms with Crippen molar-refractivity contribution in [3.05, 3.63) is 53.3 Å². The smallest absolute Gasteiger partial charge is 0.241 e. The van der Waals surface area contributed by atoms with E-state index in [9.17, 15) is 15.3 Å². The van der Waals surface area contributed by atoms with Gasteiger partial charge in [0, 0.05) is 12.1 Å². The summed E-state index contributed by atoms with van der Waals surface area (Å²) in [7, 11) is 0. The number of aliphatic hydroxyl groups excluding tert-OH is 2. The first-order chi connectivity index (χ1) is 18.7. The molecule has 204 valence electrons. The summed E-state index contributed by atoms with van der Waals surface area (Å²) in [5.74, 6) is 1.03. The van der Waals surface area contributed by atoms with Crippen LogP contribution in [0.2, 0.25) is 0 Å². The molecule has 3 aromatic heterocycles. The van der Waals surface area contributed by atoms with Crippen LogP contribution in [0.15, 0.2) is 36.5 Å². The van der Waals surface area contributed by atoms with Crippen molar-refractivity contribution in [3.63, 3.8) is 0 Å². The molecule has 2 saturated carbocycles. The molecule has 6 rings (SSSR count). The van der Waals surface area contributed by atoms with Crippen molar-refractivity contribution < 1.29 is 20.1 Å². The van der Waals surface area contributed by atoms with Crippen LogP contribution >= 0.6 is 11.3 Å². The molecule has 3 heterocycles. The van der Waals surface area contributed by atoms with Gasteiger partial charge in [-0.15, -0.1) is 11.3 Å². The van der Waals surface area contributed by atoms with Gasteiger partial charge in [0.1, 0.15) is 28.0 Å². The summed E-state index contributed by atoms with van der Waals surface area (Å²) in [6.45, 7) is 8.38. The third kappa shape index (κ3) is 4.39. The second-order valence-corrected chi connectivity index (χ2v) is 11.4. The molecule has 39 heavy (non-hydrogen) atoms. The zero-order valence-corrected chi connectivity index (χ0v) is 23.0. The molecule has 0 radical (unpaired) electrons. The van der Waals surface area contributed by atoms with E-state index in [2.05, 4.69) is 46.8 Å². The summed E-state index contributed by atoms with van der Waals surface area (Å²) in [5.41, 5.74) is 2.88. The van der Waals surface area contributed by atoms with Gasteiger partial charge >= 0.3 is 0 Å². The van der Waals surface area contributed by atoms with Crippen LogP contribution in [0.3, 0.4) is 0 Å². The van der Waals surface area contributed by atoms with Gasteiger partial charge in [-0.3, -0.25) is 0 Å². The molecule has 4 aromatic rings. The van der Waals surface area contributed by atoms with Gasteiger partial charge in [0.25, 0.3) is 0 Å². The number of ether oxygens (including phenoxy) is 1. The molecule has 0 aliphatic heterocycles. The summed E-state index contributed by atoms with van der Waals surface area (Å²) in [6.07, 6.45) is 0.0816. The zero-order valence-electron chi connectivity index (χ0n) is 22.2. The standard InChI is InChI=1S/C28H32N6O4S/c1-5-38-25-21-19(10-11-29-25)39-26(33-21)20-15(4)31-27(30-14(3)16-8-6-13(2)7-9-16)34-24(20)32-18-12-17-22(35)28(17,37)23(18)36/h6-11,14,17-18,22-23,35-37H,5,12H2,1-4H3,(H2,30,31,32,34). The fourth-order valence-electron chi connectivity index (χ4n) is 5.51. The molecule has 10 nitrogen and oxygen atoms in total. The monoisotopic (exact) mass is 548 g/mol. The van der Waals surface area contributed by atoms with E-state index in [4.69, 9.17) is 19.7 Å². The Morgan fingerprint density at radius 3 is 2.56 bits per heavy atom. The van der Waals surface area contributed by atoms with Crippen LogP contribution < -0.4 is 15.4 Å². The van der Waals surface area contributed by atoms with Crippen molar-refractivity contribution in [3.8, 4) is 16.5 Å². The topological polar surface area (TPSA) is 146 Å². The molecule has 1 aromatic carbocycles. The van der Waals surface area contributed by atoms with Gasteiger partial charge in [0.05, 0.1) is 40.8 Å². The molecule has 11 heteroatoms. The van der Waals surface area contributed by atoms with Gasteiger partial charge in [0.2, 0.25) is 11.8 Å². The highest BCUT2D eigenvalue weighted by molar-refractivity contribution is 7.21. The van der Waals surface area contributed by atoms with E-state index < -0.39 is 23.9 Å². The van der Waals surface area contributed by atoms with Crippen molar-refractivity contribution in [2.24, 2.45) is 5.92 Å². The zero-order chi connectivity index (χ0) is 27.5. The maximum absolute atomic E-state index is 10.8. The molecule has 0 amide bonds. The number of nitrogens with one attached hydrogen (secondary N) is 2. The molecule has 6 unspecified atom stereocenters. The minimum Gasteiger partial charge on any atom is -0.476 e. The Balaban J connectivity index is 1.39. The maximum atomic E-state index is 10.8. The summed E-state index contributed by atoms with van der Waals surface area (Å²) < 4.78 is 6.61. The average Bonchev–Trinajstić information content (AvgIpc) is 3.18. The average molecular weight is 549 g/mol. The number of hydrogen-bond donors (Lipinski definition) is 5. The van der Waals surface area contributed by atoms with E-state index in [0.717, 1.165) is 10.3 Å². The van der Waals surface area contributed by atoms with Gasteiger partial charge in [0.15, 0.2) is 0 Å². The summed E-state index contributed by atoms with van der Waals surface area (Å²) >= 11 is 1.48. The quantitative estimate of drug-likeness (QED) is 0.221. The van der Waals surface area contributed by atoms with Crippen molar-refractivity contribution in [2.45, 2.75) is 64.0 Å². The Kier molecular flexibility index (Phi) is 6.41. The molecule has 0 spiro atoms. The molecule has 2 aliphatic carbocycles. The predicted octanol–water partition coefficient (Wildman–Crippen LogP) is 3.60. The lowest BCUT2D eigenvalue weighted by Crippen LogP contribution is -2.42. The number of rotatable bonds is 8. The van der Waals surface area contributed by atoms with Crippen molar-refractivity contribution >= 4 is 33.3 Å². The van der Waals surface area contributed by atoms with Crippen LogP contribution in [-0.2, 0) is 0 Å². The minimum absolute atomic E-state index is 0.0495. The predicted molar refractivity (Wildman–Crippen MR) is 150 cm³/mol. The van der Waals surface area contributed by atoms with Gasteiger partial charge in [-0.2, -0.15) is 4.98 Å². The van der Waals surface area contributed by atoms with Crippen LogP contribution in [0.1, 0.15) is 43.1 Å². The third-order valence-electron chi connectivity index (χ3n) is 7.81. The van der Waals surface area contributed by atoms with Crippen LogP contribution in [0.25, 0.3) is 20.8 Å². The molecular weight excluding hydrogens is 516 g/mol. The van der Waals surface area contributed by atoms with Gasteiger partial charge < -0.3 is 30.7 Å². The molecule has 2 aliphatic rings. The van der Waals surface area contributed by atoms with Crippen LogP contribution in [0.5, 0.6) is 5.88 Å². The Hall–Kier alpha value is -3.38. The number of aliphatic hydroxyl groups is 3. The van der Waals surface area contributed by atoms with E-state index in [1.54, 1.807) is 6.20 Å². The van der Waals surface area contributed by atoms with Crippen molar-refractivity contribution in [2.75, 3.05) is 17.2 Å². The Morgan fingerprint density at radius 2 is 1.87 bits per heavy atom. The lowest BCUT2D eigenvalue weighted by Gasteiger charge is -2.25. The van der Waals surface area contributed by atoms with E-state index in [0.29, 0.717) is 52.5 Å². The highest BCUT2D eigenvalue weighted by atomic mass is 32.1. The van der Waals surface area contributed by atoms with Gasteiger partial charge in [-0.05, 0) is 45.7 Å². The normalized spacial score (nSPS) is 26.3. The Labute approximate surface area is 230 Å². The third-order valence-corrected chi connectivity index (χ3v) is 8.84. The molecular formula is C28H32N6O4S. The number of nitrogens with zero attached hydrogens (tertiary/aromatic N) is 4. The van der Waals surface area contributed by atoms with E-state index in [1.807, 2.05) is 26.8 Å². The van der Waals surface area contributed by atoms with Gasteiger partial charge in [-0.25, -0.2) is 15.0 Å². The summed E-state index contributed by atoms with van der Waals surface area (Å²) in [5, 5.41) is 39.0. The van der Waals surface area contributed by atoms with Crippen molar-refractivity contribution in [1.82, 2.24) is 19.9 Å². The Morgan fingerprint density at radius 1 is 1.10 bits per heavy atom. The number of fused-ring (bicyclic) bond motifs is 2. The molecule has 0 bridgehead atoms. The largest absolute Gasteiger partial charge is 0.476 e. The second-order valence-electron chi connectivity index (χ2n) is 10.4. The maximum Gasteiger partial charge on any atom is 0.241 e. The fourth-order valence-corrected chi connectivity index (χ4v) is 6.56. The van der Waals surface area contributed by atoms with E-state index >= 15 is 0 Å². The summed E-state index contributed by atoms with van der Waals surface area (Å²) in [6, 6.07) is 9.64. The summed E-state index contributed by atoms with van der Waals surface area (Å²) in [4.78, 5) is 18.8. The number of thiazole rings is 1. The highest BCUT2D eigenvalue weighted by Gasteiger charge is 2.74. The fraction of sp³-hybridized carbons (Fsp3) is 0.429. The highest BCUT2D eigenvalue weighted by Crippen LogP contribution is 2.56. The van der Waals surface area contributed by atoms with Crippen LogP contribution in [-0.4, -0.2) is 65.7 Å². The van der Waals surface area contributed by atoms with E-state index in [1.165, 1.54) is 16.9 Å². The molecule has 5 N–H and O–H groups in total. The SMILES string of the molecule is CCOc1nccc2sc(-c3c(C)nc(NC(C)c4ccc(C)cc4)nc3NC3CC4C(O)C4(O)C3O)nc12. The molecule has 0 saturated heterocycles. The number of benzene rings is 1. The number of aromatic nitrogens is 4. The first-order valence-corrected chi connectivity index (χ1v) is 14.0. The lowest BCUT2D eigenvalue weighted by atomic mass is 10.1. The minimum atomic E-state index is -1.48.